The van der Waals surface area contributed by atoms with E-state index < -0.39 is 0 Å². The van der Waals surface area contributed by atoms with Crippen LogP contribution in [0.15, 0.2) is 37.0 Å². The lowest BCUT2D eigenvalue weighted by Crippen LogP contribution is -2.26. The van der Waals surface area contributed by atoms with E-state index in [1.807, 2.05) is 6.08 Å². The number of hydrogen-bond acceptors (Lipinski definition) is 2. The zero-order chi connectivity index (χ0) is 13.7. The molecule has 0 aromatic heterocycles. The minimum absolute atomic E-state index is 0.243. The van der Waals surface area contributed by atoms with Crippen LogP contribution in [0.3, 0.4) is 0 Å². The van der Waals surface area contributed by atoms with Crippen molar-refractivity contribution in [1.82, 2.24) is 0 Å². The molecule has 0 saturated heterocycles. The number of esters is 1. The molecule has 2 heteroatoms. The van der Waals surface area contributed by atoms with Crippen LogP contribution >= 0.6 is 0 Å². The van der Waals surface area contributed by atoms with Crippen LogP contribution in [0.25, 0.3) is 0 Å². The summed E-state index contributed by atoms with van der Waals surface area (Å²) in [7, 11) is 0. The molecule has 0 spiro atoms. The van der Waals surface area contributed by atoms with Crippen LogP contribution in [0.4, 0.5) is 0 Å². The smallest absolute Gasteiger partial charge is 0.302 e. The van der Waals surface area contributed by atoms with Crippen LogP contribution in [0.2, 0.25) is 0 Å². The summed E-state index contributed by atoms with van der Waals surface area (Å²) >= 11 is 0. The van der Waals surface area contributed by atoms with Crippen LogP contribution in [0, 0.1) is 17.8 Å². The van der Waals surface area contributed by atoms with Gasteiger partial charge in [-0.3, -0.25) is 4.79 Å². The van der Waals surface area contributed by atoms with Crippen molar-refractivity contribution >= 4 is 5.97 Å². The molecule has 1 saturated carbocycles. The van der Waals surface area contributed by atoms with Crippen molar-refractivity contribution in [2.75, 3.05) is 6.61 Å². The van der Waals surface area contributed by atoms with Gasteiger partial charge in [-0.1, -0.05) is 24.8 Å². The summed E-state index contributed by atoms with van der Waals surface area (Å²) in [6.45, 7) is 15.9. The van der Waals surface area contributed by atoms with Crippen LogP contribution in [-0.2, 0) is 9.53 Å². The first-order chi connectivity index (χ1) is 8.45. The van der Waals surface area contributed by atoms with Gasteiger partial charge in [-0.2, -0.15) is 0 Å². The maximum atomic E-state index is 10.8. The lowest BCUT2D eigenvalue weighted by Gasteiger charge is -2.36. The van der Waals surface area contributed by atoms with Crippen molar-refractivity contribution < 1.29 is 9.53 Å². The fourth-order valence-corrected chi connectivity index (χ4v) is 2.73. The van der Waals surface area contributed by atoms with E-state index in [0.29, 0.717) is 24.4 Å². The highest BCUT2D eigenvalue weighted by Crippen LogP contribution is 2.40. The van der Waals surface area contributed by atoms with E-state index in [0.717, 1.165) is 24.8 Å². The van der Waals surface area contributed by atoms with Gasteiger partial charge >= 0.3 is 5.97 Å². The van der Waals surface area contributed by atoms with Crippen molar-refractivity contribution in [3.8, 4) is 0 Å². The zero-order valence-corrected chi connectivity index (χ0v) is 11.6. The van der Waals surface area contributed by atoms with Gasteiger partial charge in [-0.15, -0.1) is 6.58 Å². The highest BCUT2D eigenvalue weighted by molar-refractivity contribution is 5.66. The molecule has 18 heavy (non-hydrogen) atoms. The Hall–Kier alpha value is -1.31. The topological polar surface area (TPSA) is 26.3 Å². The summed E-state index contributed by atoms with van der Waals surface area (Å²) in [6, 6.07) is 0. The monoisotopic (exact) mass is 248 g/mol. The van der Waals surface area contributed by atoms with Crippen LogP contribution in [0.1, 0.15) is 33.1 Å². The van der Waals surface area contributed by atoms with E-state index in [1.54, 1.807) is 0 Å². The summed E-state index contributed by atoms with van der Waals surface area (Å²) in [4.78, 5) is 10.8. The lowest BCUT2D eigenvalue weighted by molar-refractivity contribution is -0.140. The summed E-state index contributed by atoms with van der Waals surface area (Å²) in [5.41, 5.74) is 2.24. The van der Waals surface area contributed by atoms with E-state index in [4.69, 9.17) is 4.74 Å². The molecule has 1 aliphatic rings. The maximum absolute atomic E-state index is 10.8. The molecule has 1 fully saturated rings. The lowest BCUT2D eigenvalue weighted by atomic mass is 9.70. The van der Waals surface area contributed by atoms with Gasteiger partial charge in [0.1, 0.15) is 6.61 Å². The predicted molar refractivity (Wildman–Crippen MR) is 75.1 cm³/mol. The predicted octanol–water partition coefficient (Wildman–Crippen LogP) is 3.90. The summed E-state index contributed by atoms with van der Waals surface area (Å²) in [6.07, 6.45) is 5.31. The zero-order valence-electron chi connectivity index (χ0n) is 11.6. The molecule has 0 N–H and O–H groups in total. The standard InChI is InChI=1S/C16H24O2/c1-6-14-7-8-15(9-16(14)11(2)3)12(4)10-18-13(5)17/h6,14-16H,1-2,4,7-10H2,3,5H3/t14-,15-,16+/m1/s1. The SMILES string of the molecule is C=C[C@@H]1CC[C@@H](C(=C)COC(C)=O)C[C@H]1C(=C)C. The average molecular weight is 248 g/mol. The van der Waals surface area contributed by atoms with E-state index in [1.165, 1.54) is 12.5 Å². The third-order valence-corrected chi connectivity index (χ3v) is 3.88. The van der Waals surface area contributed by atoms with Gasteiger partial charge in [0.25, 0.3) is 0 Å². The molecule has 1 aliphatic carbocycles. The molecule has 0 aromatic rings. The number of ether oxygens (including phenoxy) is 1. The van der Waals surface area contributed by atoms with Gasteiger partial charge < -0.3 is 4.74 Å². The van der Waals surface area contributed by atoms with Crippen molar-refractivity contribution in [1.29, 1.82) is 0 Å². The second kappa shape index (κ2) is 6.58. The minimum Gasteiger partial charge on any atom is -0.461 e. The summed E-state index contributed by atoms with van der Waals surface area (Å²) in [5, 5.41) is 0. The average Bonchev–Trinajstić information content (AvgIpc) is 2.34. The van der Waals surface area contributed by atoms with Gasteiger partial charge in [-0.25, -0.2) is 0 Å². The Bertz CT molecular complexity index is 354. The van der Waals surface area contributed by atoms with Gasteiger partial charge in [0.05, 0.1) is 0 Å². The molecule has 100 valence electrons. The molecule has 1 rings (SSSR count). The second-order valence-corrected chi connectivity index (χ2v) is 5.30. The number of allylic oxidation sites excluding steroid dienone is 2. The molecular formula is C16H24O2. The fourth-order valence-electron chi connectivity index (χ4n) is 2.73. The van der Waals surface area contributed by atoms with Crippen LogP contribution < -0.4 is 0 Å². The molecule has 0 aromatic carbocycles. The Kier molecular flexibility index (Phi) is 5.39. The molecule has 0 amide bonds. The highest BCUT2D eigenvalue weighted by atomic mass is 16.5. The molecule has 0 bridgehead atoms. The number of rotatable bonds is 5. The Morgan fingerprint density at radius 1 is 1.33 bits per heavy atom. The number of hydrogen-bond donors (Lipinski definition) is 0. The Morgan fingerprint density at radius 2 is 2.00 bits per heavy atom. The van der Waals surface area contributed by atoms with Gasteiger partial charge in [0.15, 0.2) is 0 Å². The van der Waals surface area contributed by atoms with Crippen molar-refractivity contribution in [2.24, 2.45) is 17.8 Å². The van der Waals surface area contributed by atoms with Crippen molar-refractivity contribution in [2.45, 2.75) is 33.1 Å². The third kappa shape index (κ3) is 3.86. The maximum Gasteiger partial charge on any atom is 0.302 e. The first-order valence-corrected chi connectivity index (χ1v) is 6.54. The van der Waals surface area contributed by atoms with Gasteiger partial charge in [0, 0.05) is 6.92 Å². The molecule has 0 aliphatic heterocycles. The minimum atomic E-state index is -0.243. The van der Waals surface area contributed by atoms with E-state index in [9.17, 15) is 4.79 Å². The molecule has 0 unspecified atom stereocenters. The Balaban J connectivity index is 2.59. The number of carbonyl (C=O) groups excluding carboxylic acids is 1. The second-order valence-electron chi connectivity index (χ2n) is 5.30. The van der Waals surface area contributed by atoms with Crippen LogP contribution in [0.5, 0.6) is 0 Å². The summed E-state index contributed by atoms with van der Waals surface area (Å²) < 4.78 is 5.02. The molecule has 2 nitrogen and oxygen atoms in total. The van der Waals surface area contributed by atoms with Gasteiger partial charge in [0.2, 0.25) is 0 Å². The molecule has 0 radical (unpaired) electrons. The van der Waals surface area contributed by atoms with Gasteiger partial charge in [-0.05, 0) is 49.5 Å². The van der Waals surface area contributed by atoms with E-state index >= 15 is 0 Å². The van der Waals surface area contributed by atoms with Crippen molar-refractivity contribution in [3.63, 3.8) is 0 Å². The first-order valence-electron chi connectivity index (χ1n) is 6.54. The number of carbonyl (C=O) groups is 1. The quantitative estimate of drug-likeness (QED) is 0.545. The fraction of sp³-hybridized carbons (Fsp3) is 0.562. The highest BCUT2D eigenvalue weighted by Gasteiger charge is 2.30. The molecule has 0 heterocycles. The largest absolute Gasteiger partial charge is 0.461 e. The summed E-state index contributed by atoms with van der Waals surface area (Å²) in [5.74, 6) is 1.20. The third-order valence-electron chi connectivity index (χ3n) is 3.88. The van der Waals surface area contributed by atoms with E-state index in [2.05, 4.69) is 26.7 Å². The Morgan fingerprint density at radius 3 is 2.50 bits per heavy atom. The Labute approximate surface area is 110 Å². The normalized spacial score (nSPS) is 27.3. The molecular weight excluding hydrogens is 224 g/mol. The van der Waals surface area contributed by atoms with Crippen molar-refractivity contribution in [3.05, 3.63) is 37.0 Å². The first kappa shape index (κ1) is 14.7. The van der Waals surface area contributed by atoms with Crippen LogP contribution in [-0.4, -0.2) is 12.6 Å². The molecule has 3 atom stereocenters. The van der Waals surface area contributed by atoms with E-state index in [-0.39, 0.29) is 5.97 Å².